The van der Waals surface area contributed by atoms with Crippen molar-refractivity contribution in [1.29, 1.82) is 5.26 Å². The fraction of sp³-hybridized carbons (Fsp3) is 0.176. The van der Waals surface area contributed by atoms with Crippen LogP contribution in [0.1, 0.15) is 29.3 Å². The smallest absolute Gasteiger partial charge is 0.132 e. The van der Waals surface area contributed by atoms with E-state index in [0.29, 0.717) is 5.56 Å². The molecule has 21 heavy (non-hydrogen) atoms. The fourth-order valence-electron chi connectivity index (χ4n) is 2.43. The van der Waals surface area contributed by atoms with Gasteiger partial charge < -0.3 is 0 Å². The van der Waals surface area contributed by atoms with Crippen LogP contribution in [0, 0.1) is 18.3 Å². The van der Waals surface area contributed by atoms with Crippen molar-refractivity contribution in [1.82, 2.24) is 9.55 Å². The minimum absolute atomic E-state index is 0.201. The maximum absolute atomic E-state index is 8.92. The highest BCUT2D eigenvalue weighted by Crippen LogP contribution is 2.28. The SMILES string of the molecule is Cc1ccc2nc(C(C)Cl)n(-c3ccc(C#N)cc3)c2c1. The number of nitriles is 1. The molecule has 0 saturated heterocycles. The molecule has 104 valence electrons. The van der Waals surface area contributed by atoms with E-state index in [1.54, 1.807) is 12.1 Å². The topological polar surface area (TPSA) is 41.6 Å². The van der Waals surface area contributed by atoms with Gasteiger partial charge in [0.15, 0.2) is 0 Å². The van der Waals surface area contributed by atoms with E-state index in [1.165, 1.54) is 5.56 Å². The Morgan fingerprint density at radius 1 is 1.19 bits per heavy atom. The van der Waals surface area contributed by atoms with Crippen molar-refractivity contribution in [2.45, 2.75) is 19.2 Å². The number of fused-ring (bicyclic) bond motifs is 1. The van der Waals surface area contributed by atoms with Crippen molar-refractivity contribution < 1.29 is 0 Å². The summed E-state index contributed by atoms with van der Waals surface area (Å²) < 4.78 is 2.06. The van der Waals surface area contributed by atoms with Crippen LogP contribution in [-0.4, -0.2) is 9.55 Å². The Hall–Kier alpha value is -2.31. The second-order valence-corrected chi connectivity index (χ2v) is 5.73. The molecule has 3 rings (SSSR count). The fourth-order valence-corrected chi connectivity index (χ4v) is 2.57. The Bertz CT molecular complexity index is 839. The van der Waals surface area contributed by atoms with Crippen LogP contribution in [0.2, 0.25) is 0 Å². The third-order valence-corrected chi connectivity index (χ3v) is 3.64. The van der Waals surface area contributed by atoms with Gasteiger partial charge in [-0.3, -0.25) is 4.57 Å². The first-order valence-electron chi connectivity index (χ1n) is 6.74. The van der Waals surface area contributed by atoms with Crippen LogP contribution in [0.5, 0.6) is 0 Å². The van der Waals surface area contributed by atoms with E-state index in [-0.39, 0.29) is 5.38 Å². The van der Waals surface area contributed by atoms with Crippen molar-refractivity contribution in [3.8, 4) is 11.8 Å². The molecule has 0 fully saturated rings. The number of aryl methyl sites for hydroxylation is 1. The molecule has 1 aromatic heterocycles. The van der Waals surface area contributed by atoms with Crippen molar-refractivity contribution in [2.75, 3.05) is 0 Å². The van der Waals surface area contributed by atoms with Gasteiger partial charge in [0.1, 0.15) is 5.82 Å². The molecule has 0 spiro atoms. The number of alkyl halides is 1. The van der Waals surface area contributed by atoms with E-state index in [1.807, 2.05) is 31.2 Å². The summed E-state index contributed by atoms with van der Waals surface area (Å²) in [6, 6.07) is 15.7. The zero-order valence-corrected chi connectivity index (χ0v) is 12.6. The van der Waals surface area contributed by atoms with Crippen LogP contribution >= 0.6 is 11.6 Å². The molecule has 3 nitrogen and oxygen atoms in total. The van der Waals surface area contributed by atoms with Gasteiger partial charge in [0.2, 0.25) is 0 Å². The van der Waals surface area contributed by atoms with Gasteiger partial charge in [0.25, 0.3) is 0 Å². The number of hydrogen-bond acceptors (Lipinski definition) is 2. The summed E-state index contributed by atoms with van der Waals surface area (Å²) in [7, 11) is 0. The molecule has 0 bridgehead atoms. The number of rotatable bonds is 2. The Morgan fingerprint density at radius 3 is 2.52 bits per heavy atom. The molecule has 0 amide bonds. The number of nitrogens with zero attached hydrogens (tertiary/aromatic N) is 3. The maximum Gasteiger partial charge on any atom is 0.132 e. The quantitative estimate of drug-likeness (QED) is 0.653. The molecule has 0 N–H and O–H groups in total. The number of halogens is 1. The van der Waals surface area contributed by atoms with Crippen LogP contribution in [0.25, 0.3) is 16.7 Å². The molecule has 0 aliphatic carbocycles. The molecule has 1 heterocycles. The van der Waals surface area contributed by atoms with Crippen molar-refractivity contribution >= 4 is 22.6 Å². The van der Waals surface area contributed by atoms with Gasteiger partial charge in [-0.15, -0.1) is 11.6 Å². The lowest BCUT2D eigenvalue weighted by molar-refractivity contribution is 0.882. The van der Waals surface area contributed by atoms with Crippen LogP contribution in [0.15, 0.2) is 42.5 Å². The largest absolute Gasteiger partial charge is 0.295 e. The van der Waals surface area contributed by atoms with Gasteiger partial charge in [0, 0.05) is 5.69 Å². The molecule has 0 radical (unpaired) electrons. The molecule has 0 saturated carbocycles. The van der Waals surface area contributed by atoms with Crippen molar-refractivity contribution in [2.24, 2.45) is 0 Å². The lowest BCUT2D eigenvalue weighted by atomic mass is 10.2. The summed E-state index contributed by atoms with van der Waals surface area (Å²) in [4.78, 5) is 4.64. The standard InChI is InChI=1S/C17H14ClN3/c1-11-3-8-15-16(9-11)21(17(20-15)12(2)18)14-6-4-13(10-19)5-7-14/h3-9,12H,1-2H3. The molecule has 2 aromatic carbocycles. The van der Waals surface area contributed by atoms with Crippen molar-refractivity contribution in [3.63, 3.8) is 0 Å². The second-order valence-electron chi connectivity index (χ2n) is 5.07. The Morgan fingerprint density at radius 2 is 1.90 bits per heavy atom. The van der Waals surface area contributed by atoms with E-state index < -0.39 is 0 Å². The average Bonchev–Trinajstić information content (AvgIpc) is 2.86. The van der Waals surface area contributed by atoms with E-state index in [0.717, 1.165) is 22.5 Å². The van der Waals surface area contributed by atoms with E-state index in [9.17, 15) is 0 Å². The lowest BCUT2D eigenvalue weighted by Gasteiger charge is -2.11. The average molecular weight is 296 g/mol. The Balaban J connectivity index is 2.30. The highest BCUT2D eigenvalue weighted by Gasteiger charge is 2.16. The first kappa shape index (κ1) is 13.7. The zero-order valence-electron chi connectivity index (χ0n) is 11.8. The highest BCUT2D eigenvalue weighted by atomic mass is 35.5. The molecule has 4 heteroatoms. The van der Waals surface area contributed by atoms with Gasteiger partial charge in [-0.1, -0.05) is 6.07 Å². The number of hydrogen-bond donors (Lipinski definition) is 0. The molecule has 0 aliphatic heterocycles. The number of aromatic nitrogens is 2. The first-order chi connectivity index (χ1) is 10.1. The predicted octanol–water partition coefficient (Wildman–Crippen LogP) is 4.51. The third-order valence-electron chi connectivity index (χ3n) is 3.45. The van der Waals surface area contributed by atoms with Crippen LogP contribution in [-0.2, 0) is 0 Å². The zero-order chi connectivity index (χ0) is 15.0. The lowest BCUT2D eigenvalue weighted by Crippen LogP contribution is -2.02. The maximum atomic E-state index is 8.92. The number of imidazole rings is 1. The predicted molar refractivity (Wildman–Crippen MR) is 84.8 cm³/mol. The summed E-state index contributed by atoms with van der Waals surface area (Å²) in [5.74, 6) is 0.807. The monoisotopic (exact) mass is 295 g/mol. The summed E-state index contributed by atoms with van der Waals surface area (Å²) in [6.07, 6.45) is 0. The van der Waals surface area contributed by atoms with Crippen LogP contribution < -0.4 is 0 Å². The summed E-state index contributed by atoms with van der Waals surface area (Å²) >= 11 is 6.29. The molecular weight excluding hydrogens is 282 g/mol. The van der Waals surface area contributed by atoms with Gasteiger partial charge in [0.05, 0.1) is 28.0 Å². The minimum Gasteiger partial charge on any atom is -0.295 e. The highest BCUT2D eigenvalue weighted by molar-refractivity contribution is 6.20. The third kappa shape index (κ3) is 2.39. The Kier molecular flexibility index (Phi) is 3.40. The molecule has 3 aromatic rings. The Labute approximate surface area is 128 Å². The van der Waals surface area contributed by atoms with E-state index >= 15 is 0 Å². The van der Waals surface area contributed by atoms with Crippen LogP contribution in [0.4, 0.5) is 0 Å². The summed E-state index contributed by atoms with van der Waals surface area (Å²) in [6.45, 7) is 3.97. The van der Waals surface area contributed by atoms with Gasteiger partial charge >= 0.3 is 0 Å². The minimum atomic E-state index is -0.201. The second kappa shape index (κ2) is 5.23. The van der Waals surface area contributed by atoms with E-state index in [4.69, 9.17) is 16.9 Å². The molecular formula is C17H14ClN3. The molecule has 1 atom stereocenters. The van der Waals surface area contributed by atoms with Gasteiger partial charge in [-0.25, -0.2) is 4.98 Å². The van der Waals surface area contributed by atoms with Gasteiger partial charge in [-0.05, 0) is 55.8 Å². The van der Waals surface area contributed by atoms with Crippen LogP contribution in [0.3, 0.4) is 0 Å². The molecule has 1 unspecified atom stereocenters. The summed E-state index contributed by atoms with van der Waals surface area (Å²) in [5.41, 5.74) is 4.73. The molecule has 0 aliphatic rings. The normalized spacial score (nSPS) is 12.3. The first-order valence-corrected chi connectivity index (χ1v) is 7.17. The van der Waals surface area contributed by atoms with E-state index in [2.05, 4.69) is 28.6 Å². The number of benzene rings is 2. The van der Waals surface area contributed by atoms with Crippen molar-refractivity contribution in [3.05, 3.63) is 59.4 Å². The van der Waals surface area contributed by atoms with Gasteiger partial charge in [-0.2, -0.15) is 5.26 Å². The summed E-state index contributed by atoms with van der Waals surface area (Å²) in [5, 5.41) is 8.72.